The minimum Gasteiger partial charge on any atom is -0.494 e. The fourth-order valence-electron chi connectivity index (χ4n) is 2.13. The van der Waals surface area contributed by atoms with Crippen LogP contribution in [0.1, 0.15) is 6.92 Å². The Morgan fingerprint density at radius 2 is 2.14 bits per heavy atom. The first kappa shape index (κ1) is 16.4. The van der Waals surface area contributed by atoms with E-state index in [9.17, 15) is 25.4 Å². The predicted octanol–water partition coefficient (Wildman–Crippen LogP) is -0.156. The summed E-state index contributed by atoms with van der Waals surface area (Å²) in [5, 5.41) is 42.6. The van der Waals surface area contributed by atoms with Gasteiger partial charge < -0.3 is 30.1 Å². The number of anilines is 1. The van der Waals surface area contributed by atoms with E-state index in [0.29, 0.717) is 12.4 Å². The van der Waals surface area contributed by atoms with E-state index in [0.717, 1.165) is 0 Å². The standard InChI is InChI=1S/C13H18N2O7/c1-2-21-7-3-4-8(9(5-7)15(19)20)14-13-12(18)11(17)10(16)6-22-13/h3-5,10-14,16-18H,2,6H2,1H3/t10-,11-,12+,13+/m1/s1. The molecule has 4 N–H and O–H groups in total. The molecule has 0 spiro atoms. The molecule has 9 nitrogen and oxygen atoms in total. The zero-order chi connectivity index (χ0) is 16.3. The van der Waals surface area contributed by atoms with Crippen molar-refractivity contribution in [3.05, 3.63) is 28.3 Å². The molecule has 9 heteroatoms. The molecule has 0 radical (unpaired) electrons. The molecule has 0 amide bonds. The lowest BCUT2D eigenvalue weighted by atomic mass is 10.0. The number of hydrogen-bond donors (Lipinski definition) is 4. The van der Waals surface area contributed by atoms with Crippen LogP contribution in [0.4, 0.5) is 11.4 Å². The van der Waals surface area contributed by atoms with Crippen LogP contribution in [-0.4, -0.2) is 58.0 Å². The van der Waals surface area contributed by atoms with Crippen LogP contribution in [0, 0.1) is 10.1 Å². The Hall–Kier alpha value is -1.94. The summed E-state index contributed by atoms with van der Waals surface area (Å²) in [6.07, 6.45) is -5.10. The van der Waals surface area contributed by atoms with Crippen LogP contribution < -0.4 is 10.1 Å². The van der Waals surface area contributed by atoms with Gasteiger partial charge in [-0.15, -0.1) is 0 Å². The number of rotatable bonds is 5. The minimum absolute atomic E-state index is 0.112. The van der Waals surface area contributed by atoms with Gasteiger partial charge in [0, 0.05) is 0 Å². The Morgan fingerprint density at radius 3 is 2.77 bits per heavy atom. The van der Waals surface area contributed by atoms with E-state index in [4.69, 9.17) is 9.47 Å². The van der Waals surface area contributed by atoms with E-state index in [1.807, 2.05) is 0 Å². The number of nitrogens with zero attached hydrogens (tertiary/aromatic N) is 1. The zero-order valence-corrected chi connectivity index (χ0v) is 11.9. The van der Waals surface area contributed by atoms with Crippen molar-refractivity contribution in [2.45, 2.75) is 31.5 Å². The number of nitro groups is 1. The molecule has 0 aromatic heterocycles. The molecule has 1 aliphatic heterocycles. The van der Waals surface area contributed by atoms with Crippen LogP contribution in [0.25, 0.3) is 0 Å². The fraction of sp³-hybridized carbons (Fsp3) is 0.538. The van der Waals surface area contributed by atoms with Crippen LogP contribution in [0.2, 0.25) is 0 Å². The first-order valence-electron chi connectivity index (χ1n) is 6.77. The Bertz CT molecular complexity index is 539. The number of nitrogens with one attached hydrogen (secondary N) is 1. The summed E-state index contributed by atoms with van der Waals surface area (Å²) in [5.74, 6) is 0.348. The molecule has 0 bridgehead atoms. The molecule has 2 rings (SSSR count). The van der Waals surface area contributed by atoms with Gasteiger partial charge in [-0.3, -0.25) is 10.1 Å². The number of hydrogen-bond acceptors (Lipinski definition) is 8. The molecule has 1 fully saturated rings. The van der Waals surface area contributed by atoms with Gasteiger partial charge in [0.15, 0.2) is 6.23 Å². The Morgan fingerprint density at radius 1 is 1.41 bits per heavy atom. The first-order chi connectivity index (χ1) is 10.4. The smallest absolute Gasteiger partial charge is 0.296 e. The molecular formula is C13H18N2O7. The van der Waals surface area contributed by atoms with Gasteiger partial charge >= 0.3 is 0 Å². The SMILES string of the molecule is CCOc1ccc(N[C@H]2OC[C@@H](O)[C@@H](O)[C@@H]2O)c([N+](=O)[O-])c1. The van der Waals surface area contributed by atoms with Gasteiger partial charge in [0.25, 0.3) is 5.69 Å². The Labute approximate surface area is 126 Å². The molecule has 1 aromatic carbocycles. The van der Waals surface area contributed by atoms with Gasteiger partial charge in [0.05, 0.1) is 24.2 Å². The van der Waals surface area contributed by atoms with Gasteiger partial charge in [-0.05, 0) is 19.1 Å². The highest BCUT2D eigenvalue weighted by Gasteiger charge is 2.38. The molecule has 0 saturated carbocycles. The van der Waals surface area contributed by atoms with Crippen molar-refractivity contribution in [1.82, 2.24) is 0 Å². The Balaban J connectivity index is 2.20. The van der Waals surface area contributed by atoms with Gasteiger partial charge in [0.2, 0.25) is 0 Å². The van der Waals surface area contributed by atoms with E-state index in [2.05, 4.69) is 5.32 Å². The van der Waals surface area contributed by atoms with Crippen LogP contribution in [-0.2, 0) is 4.74 Å². The molecule has 1 aliphatic rings. The largest absolute Gasteiger partial charge is 0.494 e. The quantitative estimate of drug-likeness (QED) is 0.435. The van der Waals surface area contributed by atoms with Gasteiger partial charge in [0.1, 0.15) is 29.7 Å². The topological polar surface area (TPSA) is 134 Å². The number of ether oxygens (including phenoxy) is 2. The molecule has 4 atom stereocenters. The maximum atomic E-state index is 11.1. The third-order valence-corrected chi connectivity index (χ3v) is 3.28. The molecule has 1 aromatic rings. The van der Waals surface area contributed by atoms with Gasteiger partial charge in [-0.25, -0.2) is 0 Å². The van der Waals surface area contributed by atoms with Crippen LogP contribution in [0.15, 0.2) is 18.2 Å². The minimum atomic E-state index is -1.42. The van der Waals surface area contributed by atoms with Crippen molar-refractivity contribution in [1.29, 1.82) is 0 Å². The normalized spacial score (nSPS) is 28.2. The predicted molar refractivity (Wildman–Crippen MR) is 75.6 cm³/mol. The Kier molecular flexibility index (Phi) is 5.14. The number of aliphatic hydroxyl groups excluding tert-OH is 3. The highest BCUT2D eigenvalue weighted by Crippen LogP contribution is 2.31. The number of nitro benzene ring substituents is 1. The van der Waals surface area contributed by atoms with E-state index in [1.165, 1.54) is 12.1 Å². The van der Waals surface area contributed by atoms with Crippen molar-refractivity contribution in [3.8, 4) is 5.75 Å². The average Bonchev–Trinajstić information content (AvgIpc) is 2.49. The summed E-state index contributed by atoms with van der Waals surface area (Å²) in [4.78, 5) is 10.5. The summed E-state index contributed by atoms with van der Waals surface area (Å²) in [5.41, 5.74) is -0.136. The molecular weight excluding hydrogens is 296 g/mol. The summed E-state index contributed by atoms with van der Waals surface area (Å²) >= 11 is 0. The summed E-state index contributed by atoms with van der Waals surface area (Å²) in [7, 11) is 0. The number of benzene rings is 1. The second-order valence-electron chi connectivity index (χ2n) is 4.82. The van der Waals surface area contributed by atoms with Crippen molar-refractivity contribution in [2.24, 2.45) is 0 Å². The maximum Gasteiger partial charge on any atom is 0.296 e. The monoisotopic (exact) mass is 314 g/mol. The summed E-state index contributed by atoms with van der Waals surface area (Å²) in [6, 6.07) is 4.22. The lowest BCUT2D eigenvalue weighted by molar-refractivity contribution is -0.384. The molecule has 122 valence electrons. The molecule has 0 aliphatic carbocycles. The van der Waals surface area contributed by atoms with Crippen molar-refractivity contribution in [2.75, 3.05) is 18.5 Å². The highest BCUT2D eigenvalue weighted by molar-refractivity contribution is 5.64. The average molecular weight is 314 g/mol. The van der Waals surface area contributed by atoms with Gasteiger partial charge in [-0.1, -0.05) is 0 Å². The van der Waals surface area contributed by atoms with E-state index in [1.54, 1.807) is 13.0 Å². The second-order valence-corrected chi connectivity index (χ2v) is 4.82. The van der Waals surface area contributed by atoms with Crippen molar-refractivity contribution in [3.63, 3.8) is 0 Å². The van der Waals surface area contributed by atoms with Crippen LogP contribution in [0.5, 0.6) is 5.75 Å². The fourth-order valence-corrected chi connectivity index (χ4v) is 2.13. The maximum absolute atomic E-state index is 11.1. The molecule has 22 heavy (non-hydrogen) atoms. The van der Waals surface area contributed by atoms with Crippen molar-refractivity contribution < 1.29 is 29.7 Å². The molecule has 1 heterocycles. The highest BCUT2D eigenvalue weighted by atomic mass is 16.6. The summed E-state index contributed by atoms with van der Waals surface area (Å²) in [6.45, 7) is 1.94. The zero-order valence-electron chi connectivity index (χ0n) is 11.9. The molecule has 1 saturated heterocycles. The number of aliphatic hydroxyl groups is 3. The molecule has 0 unspecified atom stereocenters. The third-order valence-electron chi connectivity index (χ3n) is 3.28. The van der Waals surface area contributed by atoms with Crippen LogP contribution >= 0.6 is 0 Å². The third kappa shape index (κ3) is 3.45. The van der Waals surface area contributed by atoms with Crippen molar-refractivity contribution >= 4 is 11.4 Å². The second kappa shape index (κ2) is 6.88. The lowest BCUT2D eigenvalue weighted by Crippen LogP contribution is -2.55. The summed E-state index contributed by atoms with van der Waals surface area (Å²) < 4.78 is 10.4. The van der Waals surface area contributed by atoms with Gasteiger partial charge in [-0.2, -0.15) is 0 Å². The van der Waals surface area contributed by atoms with E-state index >= 15 is 0 Å². The lowest BCUT2D eigenvalue weighted by Gasteiger charge is -2.35. The van der Waals surface area contributed by atoms with E-state index < -0.39 is 29.5 Å². The first-order valence-corrected chi connectivity index (χ1v) is 6.77. The van der Waals surface area contributed by atoms with E-state index in [-0.39, 0.29) is 18.0 Å². The van der Waals surface area contributed by atoms with Crippen LogP contribution in [0.3, 0.4) is 0 Å².